The molecule has 1 atom stereocenters. The van der Waals surface area contributed by atoms with Crippen molar-refractivity contribution in [2.75, 3.05) is 0 Å². The molecule has 0 rings (SSSR count). The fraction of sp³-hybridized carbons (Fsp3) is 0.981. The largest absolute Gasteiger partial charge is 0.462 e. The topological polar surface area (TPSA) is 26.3 Å². The number of hydrogen-bond acceptors (Lipinski definition) is 2. The summed E-state index contributed by atoms with van der Waals surface area (Å²) in [6.07, 6.45) is 64.0. The van der Waals surface area contributed by atoms with Crippen molar-refractivity contribution in [1.82, 2.24) is 0 Å². The van der Waals surface area contributed by atoms with E-state index >= 15 is 0 Å². The normalized spacial score (nSPS) is 12.1. The summed E-state index contributed by atoms with van der Waals surface area (Å²) >= 11 is 0. The molecule has 0 saturated heterocycles. The second-order valence-electron chi connectivity index (χ2n) is 17.9. The highest BCUT2D eigenvalue weighted by Crippen LogP contribution is 2.20. The number of unbranched alkanes of at least 4 members (excludes halogenated alkanes) is 41. The van der Waals surface area contributed by atoms with Gasteiger partial charge < -0.3 is 4.74 Å². The number of carbonyl (C=O) groups excluding carboxylic acids is 1. The van der Waals surface area contributed by atoms with E-state index in [0.717, 1.165) is 19.3 Å². The van der Waals surface area contributed by atoms with Crippen LogP contribution in [0.4, 0.5) is 0 Å². The molecule has 0 aliphatic carbocycles. The maximum atomic E-state index is 12.9. The van der Waals surface area contributed by atoms with Gasteiger partial charge in [-0.25, -0.2) is 0 Å². The molecule has 0 bridgehead atoms. The van der Waals surface area contributed by atoms with Crippen LogP contribution < -0.4 is 0 Å². The van der Waals surface area contributed by atoms with Gasteiger partial charge in [-0.1, -0.05) is 284 Å². The van der Waals surface area contributed by atoms with Crippen molar-refractivity contribution in [3.05, 3.63) is 0 Å². The van der Waals surface area contributed by atoms with Gasteiger partial charge in [-0.05, 0) is 32.1 Å². The lowest BCUT2D eigenvalue weighted by atomic mass is 10.0. The Balaban J connectivity index is 4.06. The quantitative estimate of drug-likeness (QED) is 0.0456. The van der Waals surface area contributed by atoms with Crippen LogP contribution in [0.15, 0.2) is 0 Å². The van der Waals surface area contributed by atoms with Crippen LogP contribution in [0.5, 0.6) is 0 Å². The van der Waals surface area contributed by atoms with Crippen LogP contribution in [-0.2, 0) is 9.53 Å². The predicted molar refractivity (Wildman–Crippen MR) is 244 cm³/mol. The third kappa shape index (κ3) is 45.9. The van der Waals surface area contributed by atoms with E-state index in [1.807, 2.05) is 0 Å². The first-order valence-electron chi connectivity index (χ1n) is 25.9. The Morgan fingerprint density at radius 2 is 0.463 bits per heavy atom. The molecule has 54 heavy (non-hydrogen) atoms. The maximum Gasteiger partial charge on any atom is 0.306 e. The van der Waals surface area contributed by atoms with Crippen LogP contribution >= 0.6 is 0 Å². The summed E-state index contributed by atoms with van der Waals surface area (Å²) in [5.41, 5.74) is 0. The molecule has 0 aliphatic heterocycles. The van der Waals surface area contributed by atoms with Crippen molar-refractivity contribution in [3.8, 4) is 0 Å². The van der Waals surface area contributed by atoms with Crippen molar-refractivity contribution in [2.24, 2.45) is 0 Å². The predicted octanol–water partition coefficient (Wildman–Crippen LogP) is 19.3. The Hall–Kier alpha value is -0.530. The van der Waals surface area contributed by atoms with Gasteiger partial charge in [0.15, 0.2) is 0 Å². The first kappa shape index (κ1) is 53.5. The van der Waals surface area contributed by atoms with Crippen LogP contribution in [0, 0.1) is 0 Å². The molecular weight excluding hydrogens is 657 g/mol. The molecule has 0 spiro atoms. The molecule has 324 valence electrons. The summed E-state index contributed by atoms with van der Waals surface area (Å²) in [5.74, 6) is 0.0843. The number of esters is 1. The summed E-state index contributed by atoms with van der Waals surface area (Å²) in [5, 5.41) is 0. The van der Waals surface area contributed by atoms with Crippen molar-refractivity contribution < 1.29 is 9.53 Å². The molecule has 0 amide bonds. The lowest BCUT2D eigenvalue weighted by molar-refractivity contribution is -0.150. The van der Waals surface area contributed by atoms with E-state index in [1.165, 1.54) is 276 Å². The molecule has 0 saturated carbocycles. The first-order valence-corrected chi connectivity index (χ1v) is 25.9. The minimum atomic E-state index is 0.0843. The molecule has 2 nitrogen and oxygen atoms in total. The maximum absolute atomic E-state index is 12.9. The number of rotatable bonds is 48. The van der Waals surface area contributed by atoms with Crippen LogP contribution in [0.2, 0.25) is 0 Å². The summed E-state index contributed by atoms with van der Waals surface area (Å²) in [7, 11) is 0. The third-order valence-electron chi connectivity index (χ3n) is 12.3. The fourth-order valence-electron chi connectivity index (χ4n) is 8.46. The first-order chi connectivity index (χ1) is 26.7. The van der Waals surface area contributed by atoms with Gasteiger partial charge in [0.1, 0.15) is 6.10 Å². The van der Waals surface area contributed by atoms with Gasteiger partial charge in [0.05, 0.1) is 0 Å². The molecule has 0 heterocycles. The van der Waals surface area contributed by atoms with Crippen LogP contribution in [0.3, 0.4) is 0 Å². The minimum absolute atomic E-state index is 0.0843. The number of hydrogen-bond donors (Lipinski definition) is 0. The van der Waals surface area contributed by atoms with E-state index < -0.39 is 0 Å². The lowest BCUT2D eigenvalue weighted by Gasteiger charge is -2.18. The fourth-order valence-corrected chi connectivity index (χ4v) is 8.46. The average Bonchev–Trinajstić information content (AvgIpc) is 3.17. The van der Waals surface area contributed by atoms with Gasteiger partial charge in [0.2, 0.25) is 0 Å². The summed E-state index contributed by atoms with van der Waals surface area (Å²) < 4.78 is 6.16. The molecule has 0 N–H and O–H groups in total. The van der Waals surface area contributed by atoms with E-state index in [4.69, 9.17) is 4.74 Å². The highest BCUT2D eigenvalue weighted by molar-refractivity contribution is 5.69. The smallest absolute Gasteiger partial charge is 0.306 e. The molecular formula is C52H104O2. The summed E-state index contributed by atoms with van der Waals surface area (Å²) in [4.78, 5) is 12.9. The number of carbonyl (C=O) groups is 1. The zero-order valence-electron chi connectivity index (χ0n) is 38.1. The Bertz CT molecular complexity index is 673. The van der Waals surface area contributed by atoms with E-state index in [2.05, 4.69) is 20.8 Å². The Morgan fingerprint density at radius 3 is 0.685 bits per heavy atom. The molecule has 0 aromatic rings. The van der Waals surface area contributed by atoms with Crippen LogP contribution in [0.25, 0.3) is 0 Å². The van der Waals surface area contributed by atoms with Crippen LogP contribution in [0.1, 0.15) is 323 Å². The van der Waals surface area contributed by atoms with Gasteiger partial charge >= 0.3 is 5.97 Å². The van der Waals surface area contributed by atoms with Gasteiger partial charge in [-0.2, -0.15) is 0 Å². The van der Waals surface area contributed by atoms with Gasteiger partial charge in [-0.15, -0.1) is 0 Å². The number of ether oxygens (including phenoxy) is 1. The molecule has 1 unspecified atom stereocenters. The van der Waals surface area contributed by atoms with E-state index in [9.17, 15) is 4.79 Å². The van der Waals surface area contributed by atoms with Gasteiger partial charge in [0.25, 0.3) is 0 Å². The van der Waals surface area contributed by atoms with Crippen molar-refractivity contribution in [2.45, 2.75) is 329 Å². The van der Waals surface area contributed by atoms with Gasteiger partial charge in [-0.3, -0.25) is 4.79 Å². The molecule has 2 heteroatoms. The monoisotopic (exact) mass is 761 g/mol. The standard InChI is InChI=1S/C52H104O2/c1-4-7-10-13-16-19-22-25-28-31-34-37-40-43-46-49-51(48-45-42-39-36-33-30-27-24-21-18-15-12-9-6-3)54-52(53)50-47-44-41-38-35-32-29-26-23-20-17-14-11-8-5-2/h51H,4-50H2,1-3H3. The average molecular weight is 761 g/mol. The Morgan fingerprint density at radius 1 is 0.278 bits per heavy atom. The summed E-state index contributed by atoms with van der Waals surface area (Å²) in [6.45, 7) is 6.91. The van der Waals surface area contributed by atoms with Crippen molar-refractivity contribution in [3.63, 3.8) is 0 Å². The highest BCUT2D eigenvalue weighted by Gasteiger charge is 2.14. The molecule has 0 aromatic carbocycles. The zero-order valence-corrected chi connectivity index (χ0v) is 38.1. The van der Waals surface area contributed by atoms with Gasteiger partial charge in [0, 0.05) is 6.42 Å². The Labute approximate surface area is 343 Å². The lowest BCUT2D eigenvalue weighted by Crippen LogP contribution is -2.18. The van der Waals surface area contributed by atoms with E-state index in [1.54, 1.807) is 0 Å². The molecule has 0 aliphatic rings. The summed E-state index contributed by atoms with van der Waals surface area (Å²) in [6, 6.07) is 0. The van der Waals surface area contributed by atoms with Crippen molar-refractivity contribution in [1.29, 1.82) is 0 Å². The SMILES string of the molecule is CCCCCCCCCCCCCCCCCC(=O)OC(CCCCCCCCCCCCCCCC)CCCCCCCCCCCCCCCCC. The second kappa shape index (κ2) is 48.6. The highest BCUT2D eigenvalue weighted by atomic mass is 16.5. The second-order valence-corrected chi connectivity index (χ2v) is 17.9. The molecule has 0 radical (unpaired) electrons. The van der Waals surface area contributed by atoms with E-state index in [0.29, 0.717) is 6.42 Å². The molecule has 0 aromatic heterocycles. The van der Waals surface area contributed by atoms with E-state index in [-0.39, 0.29) is 12.1 Å². The van der Waals surface area contributed by atoms with Crippen LogP contribution in [-0.4, -0.2) is 12.1 Å². The molecule has 0 fully saturated rings. The Kier molecular flexibility index (Phi) is 48.1. The third-order valence-corrected chi connectivity index (χ3v) is 12.3. The van der Waals surface area contributed by atoms with Crippen molar-refractivity contribution >= 4 is 5.97 Å². The minimum Gasteiger partial charge on any atom is -0.462 e. The zero-order chi connectivity index (χ0) is 39.1.